The van der Waals surface area contributed by atoms with Gasteiger partial charge in [-0.05, 0) is 30.6 Å². The average Bonchev–Trinajstić information content (AvgIpc) is 2.93. The molecule has 2 rings (SSSR count). The van der Waals surface area contributed by atoms with E-state index in [0.717, 1.165) is 17.2 Å². The highest BCUT2D eigenvalue weighted by atomic mass is 16.1. The fraction of sp³-hybridized carbons (Fsp3) is 0.176. The SMILES string of the molecule is C=CCn1c(=O)c(C#N)c(C)/c(=C\C2=CC=CC2)c1=C. The molecule has 0 aromatic carbocycles. The van der Waals surface area contributed by atoms with Crippen LogP contribution >= 0.6 is 0 Å². The molecule has 0 atom stereocenters. The Balaban J connectivity index is 2.85. The van der Waals surface area contributed by atoms with Crippen LogP contribution in [0.15, 0.2) is 41.3 Å². The molecule has 1 aromatic heterocycles. The van der Waals surface area contributed by atoms with E-state index in [1.165, 1.54) is 4.57 Å². The average molecular weight is 264 g/mol. The van der Waals surface area contributed by atoms with Gasteiger partial charge in [-0.25, -0.2) is 0 Å². The summed E-state index contributed by atoms with van der Waals surface area (Å²) in [5, 5.41) is 10.7. The molecule has 0 amide bonds. The highest BCUT2D eigenvalue weighted by Gasteiger charge is 2.10. The summed E-state index contributed by atoms with van der Waals surface area (Å²) in [5.41, 5.74) is 1.71. The van der Waals surface area contributed by atoms with E-state index in [9.17, 15) is 10.1 Å². The number of pyridine rings is 1. The third-order valence-electron chi connectivity index (χ3n) is 3.43. The molecule has 3 nitrogen and oxygen atoms in total. The first-order valence-corrected chi connectivity index (χ1v) is 6.41. The minimum Gasteiger partial charge on any atom is -0.304 e. The Hall–Kier alpha value is -2.60. The van der Waals surface area contributed by atoms with Crippen molar-refractivity contribution in [2.75, 3.05) is 0 Å². The number of aromatic nitrogens is 1. The second-order valence-corrected chi connectivity index (χ2v) is 4.69. The molecule has 3 heteroatoms. The van der Waals surface area contributed by atoms with Crippen LogP contribution in [0.1, 0.15) is 17.5 Å². The predicted molar refractivity (Wildman–Crippen MR) is 81.4 cm³/mol. The van der Waals surface area contributed by atoms with Crippen LogP contribution in [0.25, 0.3) is 12.7 Å². The first kappa shape index (κ1) is 13.8. The quantitative estimate of drug-likeness (QED) is 0.772. The lowest BCUT2D eigenvalue weighted by Crippen LogP contribution is -2.45. The van der Waals surface area contributed by atoms with Crippen molar-refractivity contribution in [2.24, 2.45) is 0 Å². The molecule has 0 fully saturated rings. The van der Waals surface area contributed by atoms with Gasteiger partial charge in [-0.2, -0.15) is 5.26 Å². The molecule has 0 saturated carbocycles. The van der Waals surface area contributed by atoms with Crippen molar-refractivity contribution in [3.05, 3.63) is 68.5 Å². The molecule has 20 heavy (non-hydrogen) atoms. The van der Waals surface area contributed by atoms with E-state index in [1.54, 1.807) is 13.0 Å². The van der Waals surface area contributed by atoms with E-state index in [0.29, 0.717) is 17.5 Å². The van der Waals surface area contributed by atoms with E-state index in [4.69, 9.17) is 0 Å². The number of hydrogen-bond donors (Lipinski definition) is 0. The topological polar surface area (TPSA) is 45.8 Å². The minimum atomic E-state index is -0.300. The zero-order valence-corrected chi connectivity index (χ0v) is 11.5. The first-order valence-electron chi connectivity index (χ1n) is 6.41. The van der Waals surface area contributed by atoms with E-state index in [2.05, 4.69) is 19.2 Å². The van der Waals surface area contributed by atoms with Crippen LogP contribution < -0.4 is 16.1 Å². The molecule has 0 N–H and O–H groups in total. The predicted octanol–water partition coefficient (Wildman–Crippen LogP) is 1.29. The van der Waals surface area contributed by atoms with Crippen molar-refractivity contribution in [3.8, 4) is 6.07 Å². The Morgan fingerprint density at radius 1 is 1.55 bits per heavy atom. The van der Waals surface area contributed by atoms with Gasteiger partial charge in [0.2, 0.25) is 0 Å². The standard InChI is InChI=1S/C17H16N2O/c1-4-9-19-13(3)15(10-14-7-5-6-8-14)12(2)16(11-18)17(19)20/h4-7,10H,1,3,8-9H2,2H3/b15-10+. The third-order valence-corrected chi connectivity index (χ3v) is 3.43. The zero-order chi connectivity index (χ0) is 14.7. The molecule has 0 unspecified atom stereocenters. The van der Waals surface area contributed by atoms with Gasteiger partial charge in [-0.15, -0.1) is 6.58 Å². The van der Waals surface area contributed by atoms with Gasteiger partial charge in [-0.3, -0.25) is 4.79 Å². The molecule has 1 aliphatic rings. The van der Waals surface area contributed by atoms with Gasteiger partial charge in [0.05, 0.1) is 0 Å². The third kappa shape index (κ3) is 2.28. The molecule has 1 aromatic rings. The van der Waals surface area contributed by atoms with Gasteiger partial charge in [-0.1, -0.05) is 30.9 Å². The second-order valence-electron chi connectivity index (χ2n) is 4.69. The molecule has 0 spiro atoms. The Bertz CT molecular complexity index is 830. The van der Waals surface area contributed by atoms with Gasteiger partial charge in [0, 0.05) is 17.1 Å². The maximum Gasteiger partial charge on any atom is 0.269 e. The highest BCUT2D eigenvalue weighted by Crippen LogP contribution is 2.11. The maximum atomic E-state index is 12.2. The van der Waals surface area contributed by atoms with Crippen LogP contribution in [0.4, 0.5) is 0 Å². The summed E-state index contributed by atoms with van der Waals surface area (Å²) in [7, 11) is 0. The van der Waals surface area contributed by atoms with Gasteiger partial charge in [0.15, 0.2) is 0 Å². The second kappa shape index (κ2) is 5.58. The summed E-state index contributed by atoms with van der Waals surface area (Å²) < 4.78 is 1.49. The maximum absolute atomic E-state index is 12.2. The van der Waals surface area contributed by atoms with Crippen LogP contribution in [0.2, 0.25) is 0 Å². The molecular weight excluding hydrogens is 248 g/mol. The lowest BCUT2D eigenvalue weighted by molar-refractivity contribution is 0.741. The van der Waals surface area contributed by atoms with Crippen LogP contribution in [0, 0.1) is 18.3 Å². The number of nitriles is 1. The van der Waals surface area contributed by atoms with Crippen molar-refractivity contribution in [1.29, 1.82) is 5.26 Å². The molecule has 1 heterocycles. The van der Waals surface area contributed by atoms with Crippen molar-refractivity contribution in [1.82, 2.24) is 4.57 Å². The summed E-state index contributed by atoms with van der Waals surface area (Å²) >= 11 is 0. The molecule has 0 bridgehead atoms. The summed E-state index contributed by atoms with van der Waals surface area (Å²) in [4.78, 5) is 12.2. The Morgan fingerprint density at radius 3 is 2.85 bits per heavy atom. The van der Waals surface area contributed by atoms with E-state index >= 15 is 0 Å². The van der Waals surface area contributed by atoms with E-state index < -0.39 is 0 Å². The number of allylic oxidation sites excluding steroid dienone is 5. The van der Waals surface area contributed by atoms with Crippen LogP contribution in [-0.4, -0.2) is 4.57 Å². The van der Waals surface area contributed by atoms with E-state index in [-0.39, 0.29) is 11.1 Å². The van der Waals surface area contributed by atoms with Gasteiger partial charge in [0.25, 0.3) is 5.56 Å². The largest absolute Gasteiger partial charge is 0.304 e. The molecular formula is C17H16N2O. The fourth-order valence-electron chi connectivity index (χ4n) is 2.32. The fourth-order valence-corrected chi connectivity index (χ4v) is 2.32. The normalized spacial score (nSPS) is 14.2. The van der Waals surface area contributed by atoms with Crippen molar-refractivity contribution >= 4 is 12.7 Å². The summed E-state index contributed by atoms with van der Waals surface area (Å²) in [6.07, 6.45) is 10.6. The van der Waals surface area contributed by atoms with Crippen molar-refractivity contribution in [3.63, 3.8) is 0 Å². The zero-order valence-electron chi connectivity index (χ0n) is 11.5. The Kier molecular flexibility index (Phi) is 3.86. The van der Waals surface area contributed by atoms with Gasteiger partial charge < -0.3 is 4.57 Å². The summed E-state index contributed by atoms with van der Waals surface area (Å²) in [6, 6.07) is 2.00. The first-order chi connectivity index (χ1) is 9.60. The number of nitrogens with zero attached hydrogens (tertiary/aromatic N) is 2. The van der Waals surface area contributed by atoms with Crippen molar-refractivity contribution in [2.45, 2.75) is 19.9 Å². The lowest BCUT2D eigenvalue weighted by Gasteiger charge is -2.08. The van der Waals surface area contributed by atoms with Gasteiger partial charge >= 0.3 is 0 Å². The summed E-state index contributed by atoms with van der Waals surface area (Å²) in [5.74, 6) is 0. The van der Waals surface area contributed by atoms with Crippen LogP contribution in [0.5, 0.6) is 0 Å². The smallest absolute Gasteiger partial charge is 0.269 e. The Labute approximate surface area is 117 Å². The molecule has 0 saturated heterocycles. The Morgan fingerprint density at radius 2 is 2.30 bits per heavy atom. The van der Waals surface area contributed by atoms with Crippen molar-refractivity contribution < 1.29 is 0 Å². The van der Waals surface area contributed by atoms with E-state index in [1.807, 2.05) is 24.3 Å². The molecule has 100 valence electrons. The van der Waals surface area contributed by atoms with Gasteiger partial charge in [0.1, 0.15) is 11.6 Å². The highest BCUT2D eigenvalue weighted by molar-refractivity contribution is 5.54. The van der Waals surface area contributed by atoms with Crippen LogP contribution in [-0.2, 0) is 6.54 Å². The number of hydrogen-bond acceptors (Lipinski definition) is 2. The summed E-state index contributed by atoms with van der Waals surface area (Å²) in [6.45, 7) is 9.80. The molecule has 1 aliphatic carbocycles. The monoisotopic (exact) mass is 264 g/mol. The lowest BCUT2D eigenvalue weighted by atomic mass is 10.1. The molecule has 0 radical (unpaired) electrons. The number of rotatable bonds is 3. The molecule has 0 aliphatic heterocycles. The minimum absolute atomic E-state index is 0.178. The van der Waals surface area contributed by atoms with Crippen LogP contribution in [0.3, 0.4) is 0 Å².